The molecule has 0 bridgehead atoms. The summed E-state index contributed by atoms with van der Waals surface area (Å²) in [4.78, 5) is 25.2. The highest BCUT2D eigenvalue weighted by Crippen LogP contribution is 2.30. The Balaban J connectivity index is 1.72. The summed E-state index contributed by atoms with van der Waals surface area (Å²) in [7, 11) is 0. The summed E-state index contributed by atoms with van der Waals surface area (Å²) in [6.07, 6.45) is 4.29. The van der Waals surface area contributed by atoms with Crippen LogP contribution < -0.4 is 4.74 Å². The molecule has 0 spiro atoms. The maximum atomic E-state index is 12.6. The smallest absolute Gasteiger partial charge is 0.410 e. The minimum Gasteiger partial charge on any atom is -0.478 e. The number of aromatic carboxylic acids is 1. The second-order valence-electron chi connectivity index (χ2n) is 8.34. The molecule has 0 atom stereocenters. The van der Waals surface area contributed by atoms with Gasteiger partial charge in [-0.1, -0.05) is 0 Å². The zero-order valence-corrected chi connectivity index (χ0v) is 17.5. The van der Waals surface area contributed by atoms with Crippen LogP contribution in [0.5, 0.6) is 5.75 Å². The first-order valence-electron chi connectivity index (χ1n) is 9.87. The lowest BCUT2D eigenvalue weighted by molar-refractivity contribution is -0.0498. The van der Waals surface area contributed by atoms with Gasteiger partial charge in [-0.2, -0.15) is 13.9 Å². The molecule has 1 aromatic heterocycles. The monoisotopic (exact) mass is 437 g/mol. The minimum atomic E-state index is -3.06. The van der Waals surface area contributed by atoms with Crippen molar-refractivity contribution in [3.05, 3.63) is 36.2 Å². The highest BCUT2D eigenvalue weighted by molar-refractivity contribution is 5.90. The van der Waals surface area contributed by atoms with Crippen molar-refractivity contribution in [2.75, 3.05) is 13.1 Å². The van der Waals surface area contributed by atoms with Crippen LogP contribution in [0.4, 0.5) is 13.6 Å². The molecule has 1 N–H and O–H groups in total. The molecule has 31 heavy (non-hydrogen) atoms. The Morgan fingerprint density at radius 3 is 2.42 bits per heavy atom. The van der Waals surface area contributed by atoms with Crippen LogP contribution in [0.2, 0.25) is 0 Å². The number of ether oxygens (including phenoxy) is 2. The standard InChI is InChI=1S/C21H25F2N3O5/c1-21(2,3)31-20(29)25-6-4-16(5-7-25)26-12-15(11-24-26)13-8-14(18(27)28)10-17(9-13)30-19(22)23/h8-12,16,19H,4-7H2,1-3H3,(H,27,28). The molecule has 168 valence electrons. The number of rotatable bonds is 5. The van der Waals surface area contributed by atoms with Gasteiger partial charge in [0.05, 0.1) is 17.8 Å². The zero-order chi connectivity index (χ0) is 22.8. The fourth-order valence-corrected chi connectivity index (χ4v) is 3.39. The third kappa shape index (κ3) is 5.93. The van der Waals surface area contributed by atoms with Gasteiger partial charge < -0.3 is 19.5 Å². The third-order valence-corrected chi connectivity index (χ3v) is 4.80. The van der Waals surface area contributed by atoms with Crippen LogP contribution in [0.15, 0.2) is 30.6 Å². The van der Waals surface area contributed by atoms with Gasteiger partial charge in [0.2, 0.25) is 0 Å². The number of carbonyl (C=O) groups is 2. The van der Waals surface area contributed by atoms with E-state index in [9.17, 15) is 23.5 Å². The first-order chi connectivity index (χ1) is 14.5. The second-order valence-corrected chi connectivity index (χ2v) is 8.34. The van der Waals surface area contributed by atoms with Crippen molar-refractivity contribution in [3.63, 3.8) is 0 Å². The highest BCUT2D eigenvalue weighted by atomic mass is 19.3. The predicted octanol–water partition coefficient (Wildman–Crippen LogP) is 4.42. The van der Waals surface area contributed by atoms with Crippen molar-refractivity contribution >= 4 is 12.1 Å². The molecule has 1 aliphatic rings. The van der Waals surface area contributed by atoms with E-state index in [2.05, 4.69) is 9.84 Å². The summed E-state index contributed by atoms with van der Waals surface area (Å²) in [5, 5.41) is 13.6. The van der Waals surface area contributed by atoms with Crippen LogP contribution in [-0.4, -0.2) is 57.2 Å². The molecule has 3 rings (SSSR count). The fraction of sp³-hybridized carbons (Fsp3) is 0.476. The Morgan fingerprint density at radius 1 is 1.16 bits per heavy atom. The second kappa shape index (κ2) is 8.91. The van der Waals surface area contributed by atoms with Crippen LogP contribution >= 0.6 is 0 Å². The summed E-state index contributed by atoms with van der Waals surface area (Å²) in [5.74, 6) is -1.48. The van der Waals surface area contributed by atoms with Gasteiger partial charge in [-0.15, -0.1) is 0 Å². The van der Waals surface area contributed by atoms with Gasteiger partial charge in [0.15, 0.2) is 0 Å². The van der Waals surface area contributed by atoms with Crippen LogP contribution in [0, 0.1) is 0 Å². The molecule has 1 fully saturated rings. The molecule has 1 aromatic carbocycles. The summed E-state index contributed by atoms with van der Waals surface area (Å²) in [6.45, 7) is 3.44. The number of benzene rings is 1. The lowest BCUT2D eigenvalue weighted by Crippen LogP contribution is -2.42. The van der Waals surface area contributed by atoms with Crippen molar-refractivity contribution < 1.29 is 33.0 Å². The fourth-order valence-electron chi connectivity index (χ4n) is 3.39. The van der Waals surface area contributed by atoms with Gasteiger partial charge in [-0.3, -0.25) is 4.68 Å². The molecule has 0 saturated carbocycles. The Morgan fingerprint density at radius 2 is 1.84 bits per heavy atom. The van der Waals surface area contributed by atoms with Gasteiger partial charge in [-0.05, 0) is 57.4 Å². The summed E-state index contributed by atoms with van der Waals surface area (Å²) >= 11 is 0. The molecule has 10 heteroatoms. The number of aromatic nitrogens is 2. The number of amides is 1. The Kier molecular flexibility index (Phi) is 6.47. The first kappa shape index (κ1) is 22.5. The van der Waals surface area contributed by atoms with E-state index in [1.165, 1.54) is 12.1 Å². The van der Waals surface area contributed by atoms with E-state index >= 15 is 0 Å². The average molecular weight is 437 g/mol. The number of alkyl halides is 2. The highest BCUT2D eigenvalue weighted by Gasteiger charge is 2.28. The molecular weight excluding hydrogens is 412 g/mol. The SMILES string of the molecule is CC(C)(C)OC(=O)N1CCC(n2cc(-c3cc(OC(F)F)cc(C(=O)O)c3)cn2)CC1. The van der Waals surface area contributed by atoms with E-state index < -0.39 is 18.2 Å². The summed E-state index contributed by atoms with van der Waals surface area (Å²) in [5.41, 5.74) is 0.277. The van der Waals surface area contributed by atoms with E-state index in [0.29, 0.717) is 37.1 Å². The van der Waals surface area contributed by atoms with E-state index in [0.717, 1.165) is 6.07 Å². The average Bonchev–Trinajstić information content (AvgIpc) is 3.16. The van der Waals surface area contributed by atoms with Crippen molar-refractivity contribution in [2.24, 2.45) is 0 Å². The molecule has 8 nitrogen and oxygen atoms in total. The van der Waals surface area contributed by atoms with Crippen LogP contribution in [-0.2, 0) is 4.74 Å². The van der Waals surface area contributed by atoms with Gasteiger partial charge in [0.25, 0.3) is 0 Å². The third-order valence-electron chi connectivity index (χ3n) is 4.80. The number of likely N-dealkylation sites (tertiary alicyclic amines) is 1. The largest absolute Gasteiger partial charge is 0.478 e. The van der Waals surface area contributed by atoms with E-state index in [1.54, 1.807) is 22.0 Å². The number of hydrogen-bond donors (Lipinski definition) is 1. The van der Waals surface area contributed by atoms with Crippen molar-refractivity contribution in [2.45, 2.75) is 51.9 Å². The quantitative estimate of drug-likeness (QED) is 0.744. The molecule has 1 saturated heterocycles. The number of carboxylic acids is 1. The van der Waals surface area contributed by atoms with Gasteiger partial charge in [-0.25, -0.2) is 9.59 Å². The predicted molar refractivity (Wildman–Crippen MR) is 107 cm³/mol. The number of carbonyl (C=O) groups excluding carboxylic acids is 1. The van der Waals surface area contributed by atoms with Gasteiger partial charge in [0, 0.05) is 24.8 Å². The van der Waals surface area contributed by atoms with E-state index in [-0.39, 0.29) is 23.4 Å². The Bertz CT molecular complexity index is 947. The van der Waals surface area contributed by atoms with Crippen LogP contribution in [0.1, 0.15) is 50.0 Å². The molecule has 0 aliphatic carbocycles. The molecule has 2 heterocycles. The van der Waals surface area contributed by atoms with Crippen molar-refractivity contribution in [1.29, 1.82) is 0 Å². The van der Waals surface area contributed by atoms with Gasteiger partial charge in [0.1, 0.15) is 11.4 Å². The lowest BCUT2D eigenvalue weighted by atomic mass is 10.0. The van der Waals surface area contributed by atoms with E-state index in [1.807, 2.05) is 20.8 Å². The summed E-state index contributed by atoms with van der Waals surface area (Å²) in [6, 6.07) is 3.83. The number of halogens is 2. The van der Waals surface area contributed by atoms with E-state index in [4.69, 9.17) is 4.74 Å². The number of nitrogens with zero attached hydrogens (tertiary/aromatic N) is 3. The topological polar surface area (TPSA) is 93.9 Å². The maximum Gasteiger partial charge on any atom is 0.410 e. The Hall–Kier alpha value is -3.17. The molecule has 1 aliphatic heterocycles. The molecular formula is C21H25F2N3O5. The number of carboxylic acid groups (broad SMARTS) is 1. The van der Waals surface area contributed by atoms with Crippen LogP contribution in [0.25, 0.3) is 11.1 Å². The molecule has 1 amide bonds. The molecule has 0 radical (unpaired) electrons. The normalized spacial score (nSPS) is 15.2. The van der Waals surface area contributed by atoms with Gasteiger partial charge >= 0.3 is 18.7 Å². The molecule has 2 aromatic rings. The molecule has 0 unspecified atom stereocenters. The number of hydrogen-bond acceptors (Lipinski definition) is 5. The zero-order valence-electron chi connectivity index (χ0n) is 17.5. The number of piperidine rings is 1. The van der Waals surface area contributed by atoms with Crippen molar-refractivity contribution in [3.8, 4) is 16.9 Å². The lowest BCUT2D eigenvalue weighted by Gasteiger charge is -2.33. The first-order valence-corrected chi connectivity index (χ1v) is 9.87. The maximum absolute atomic E-state index is 12.6. The summed E-state index contributed by atoms with van der Waals surface area (Å²) < 4.78 is 36.7. The minimum absolute atomic E-state index is 0.0480. The Labute approximate surface area is 178 Å². The van der Waals surface area contributed by atoms with Crippen LogP contribution in [0.3, 0.4) is 0 Å². The van der Waals surface area contributed by atoms with Crippen molar-refractivity contribution in [1.82, 2.24) is 14.7 Å².